The van der Waals surface area contributed by atoms with Gasteiger partial charge in [-0.2, -0.15) is 0 Å². The number of non-ortho nitro benzene ring substituents is 1. The molecule has 8 heteroatoms. The van der Waals surface area contributed by atoms with E-state index in [2.05, 4.69) is 10.3 Å². The van der Waals surface area contributed by atoms with Gasteiger partial charge in [0.2, 0.25) is 0 Å². The fourth-order valence-corrected chi connectivity index (χ4v) is 1.79. The molecule has 0 unspecified atom stereocenters. The van der Waals surface area contributed by atoms with E-state index in [0.717, 1.165) is 5.56 Å². The lowest BCUT2D eigenvalue weighted by Crippen LogP contribution is -2.09. The fourth-order valence-electron chi connectivity index (χ4n) is 1.79. The van der Waals surface area contributed by atoms with Crippen LogP contribution in [0.1, 0.15) is 28.7 Å². The number of hydrogen-bond acceptors (Lipinski definition) is 6. The van der Waals surface area contributed by atoms with Gasteiger partial charge in [0.25, 0.3) is 5.69 Å². The molecule has 8 nitrogen and oxygen atoms in total. The maximum absolute atomic E-state index is 11.6. The van der Waals surface area contributed by atoms with E-state index in [-0.39, 0.29) is 18.0 Å². The SMILES string of the molecule is CCOC(=O)c1nnn(Cc2ccc([N+](=O)[O-])cc2)c1C. The molecule has 0 amide bonds. The van der Waals surface area contributed by atoms with Crippen LogP contribution in [0.3, 0.4) is 0 Å². The highest BCUT2D eigenvalue weighted by Gasteiger charge is 2.17. The second kappa shape index (κ2) is 6.12. The molecule has 2 rings (SSSR count). The second-order valence-corrected chi connectivity index (χ2v) is 4.33. The predicted molar refractivity (Wildman–Crippen MR) is 72.9 cm³/mol. The Bertz CT molecular complexity index is 663. The first-order chi connectivity index (χ1) is 10.0. The minimum Gasteiger partial charge on any atom is -0.461 e. The smallest absolute Gasteiger partial charge is 0.360 e. The summed E-state index contributed by atoms with van der Waals surface area (Å²) in [7, 11) is 0. The number of aromatic nitrogens is 3. The Morgan fingerprint density at radius 2 is 2.05 bits per heavy atom. The van der Waals surface area contributed by atoms with Crippen molar-refractivity contribution in [2.75, 3.05) is 6.61 Å². The van der Waals surface area contributed by atoms with Gasteiger partial charge in [0, 0.05) is 12.1 Å². The number of rotatable bonds is 5. The average molecular weight is 290 g/mol. The average Bonchev–Trinajstić information content (AvgIpc) is 2.81. The number of hydrogen-bond donors (Lipinski definition) is 0. The summed E-state index contributed by atoms with van der Waals surface area (Å²) in [5.74, 6) is -0.509. The number of esters is 1. The minimum absolute atomic E-state index is 0.0290. The molecule has 21 heavy (non-hydrogen) atoms. The number of ether oxygens (including phenoxy) is 1. The highest BCUT2D eigenvalue weighted by Crippen LogP contribution is 2.14. The van der Waals surface area contributed by atoms with Crippen molar-refractivity contribution in [2.24, 2.45) is 0 Å². The molecule has 0 bridgehead atoms. The molecule has 0 aliphatic heterocycles. The van der Waals surface area contributed by atoms with Crippen LogP contribution in [0.4, 0.5) is 5.69 Å². The molecule has 0 atom stereocenters. The Balaban J connectivity index is 2.16. The third-order valence-corrected chi connectivity index (χ3v) is 2.93. The van der Waals surface area contributed by atoms with Gasteiger partial charge in [-0.1, -0.05) is 17.3 Å². The monoisotopic (exact) mass is 290 g/mol. The molecular formula is C13H14N4O4. The number of nitro groups is 1. The first-order valence-corrected chi connectivity index (χ1v) is 6.33. The Morgan fingerprint density at radius 3 is 2.62 bits per heavy atom. The Morgan fingerprint density at radius 1 is 1.38 bits per heavy atom. The molecular weight excluding hydrogens is 276 g/mol. The van der Waals surface area contributed by atoms with Crippen LogP contribution in [-0.4, -0.2) is 32.5 Å². The standard InChI is InChI=1S/C13H14N4O4/c1-3-21-13(18)12-9(2)16(15-14-12)8-10-4-6-11(7-5-10)17(19)20/h4-7H,3,8H2,1-2H3. The van der Waals surface area contributed by atoms with Crippen LogP contribution >= 0.6 is 0 Å². The van der Waals surface area contributed by atoms with Gasteiger partial charge >= 0.3 is 5.97 Å². The molecule has 1 heterocycles. The van der Waals surface area contributed by atoms with E-state index in [1.807, 2.05) is 0 Å². The van der Waals surface area contributed by atoms with Crippen LogP contribution in [-0.2, 0) is 11.3 Å². The minimum atomic E-state index is -0.509. The van der Waals surface area contributed by atoms with Gasteiger partial charge < -0.3 is 4.74 Å². The van der Waals surface area contributed by atoms with Crippen LogP contribution in [0.2, 0.25) is 0 Å². The summed E-state index contributed by atoms with van der Waals surface area (Å²) in [6.45, 7) is 4.08. The lowest BCUT2D eigenvalue weighted by Gasteiger charge is -2.04. The van der Waals surface area contributed by atoms with E-state index in [1.54, 1.807) is 30.7 Å². The maximum atomic E-state index is 11.6. The van der Waals surface area contributed by atoms with Gasteiger partial charge in [0.1, 0.15) is 0 Å². The van der Waals surface area contributed by atoms with E-state index < -0.39 is 10.9 Å². The molecule has 0 spiro atoms. The van der Waals surface area contributed by atoms with Gasteiger partial charge in [0.15, 0.2) is 5.69 Å². The highest BCUT2D eigenvalue weighted by atomic mass is 16.6. The zero-order chi connectivity index (χ0) is 15.4. The van der Waals surface area contributed by atoms with Crippen molar-refractivity contribution in [1.82, 2.24) is 15.0 Å². The molecule has 0 fully saturated rings. The third kappa shape index (κ3) is 3.22. The lowest BCUT2D eigenvalue weighted by molar-refractivity contribution is -0.384. The zero-order valence-electron chi connectivity index (χ0n) is 11.6. The number of nitro benzene ring substituents is 1. The van der Waals surface area contributed by atoms with Gasteiger partial charge in [0.05, 0.1) is 23.8 Å². The van der Waals surface area contributed by atoms with Gasteiger partial charge in [-0.25, -0.2) is 9.48 Å². The van der Waals surface area contributed by atoms with E-state index in [0.29, 0.717) is 12.2 Å². The number of nitrogens with zero attached hydrogens (tertiary/aromatic N) is 4. The summed E-state index contributed by atoms with van der Waals surface area (Å²) in [5, 5.41) is 18.3. The summed E-state index contributed by atoms with van der Waals surface area (Å²) in [4.78, 5) is 21.8. The summed E-state index contributed by atoms with van der Waals surface area (Å²) in [6.07, 6.45) is 0. The van der Waals surface area contributed by atoms with Crippen molar-refractivity contribution in [2.45, 2.75) is 20.4 Å². The van der Waals surface area contributed by atoms with E-state index in [4.69, 9.17) is 4.74 Å². The number of carbonyl (C=O) groups excluding carboxylic acids is 1. The molecule has 0 aliphatic carbocycles. The summed E-state index contributed by atoms with van der Waals surface area (Å²) < 4.78 is 6.43. The molecule has 2 aromatic rings. The molecule has 0 saturated heterocycles. The van der Waals surface area contributed by atoms with Crippen molar-refractivity contribution in [3.63, 3.8) is 0 Å². The van der Waals surface area contributed by atoms with Crippen LogP contribution in [0, 0.1) is 17.0 Å². The predicted octanol–water partition coefficient (Wildman–Crippen LogP) is 1.72. The van der Waals surface area contributed by atoms with Crippen LogP contribution in [0.25, 0.3) is 0 Å². The number of carbonyl (C=O) groups is 1. The molecule has 1 aromatic carbocycles. The van der Waals surface area contributed by atoms with E-state index in [9.17, 15) is 14.9 Å². The van der Waals surface area contributed by atoms with Crippen LogP contribution < -0.4 is 0 Å². The molecule has 0 radical (unpaired) electrons. The molecule has 0 aliphatic rings. The first kappa shape index (κ1) is 14.6. The molecule has 110 valence electrons. The summed E-state index contributed by atoms with van der Waals surface area (Å²) in [5.41, 5.74) is 1.62. The number of benzene rings is 1. The van der Waals surface area contributed by atoms with E-state index >= 15 is 0 Å². The maximum Gasteiger partial charge on any atom is 0.360 e. The van der Waals surface area contributed by atoms with Gasteiger partial charge in [-0.3, -0.25) is 10.1 Å². The Labute approximate surface area is 120 Å². The largest absolute Gasteiger partial charge is 0.461 e. The molecule has 0 N–H and O–H groups in total. The van der Waals surface area contributed by atoms with Crippen molar-refractivity contribution < 1.29 is 14.5 Å². The fraction of sp³-hybridized carbons (Fsp3) is 0.308. The first-order valence-electron chi connectivity index (χ1n) is 6.33. The zero-order valence-corrected chi connectivity index (χ0v) is 11.6. The Hall–Kier alpha value is -2.77. The molecule has 0 saturated carbocycles. The van der Waals surface area contributed by atoms with Crippen LogP contribution in [0.15, 0.2) is 24.3 Å². The van der Waals surface area contributed by atoms with Crippen molar-refractivity contribution >= 4 is 11.7 Å². The van der Waals surface area contributed by atoms with E-state index in [1.165, 1.54) is 12.1 Å². The van der Waals surface area contributed by atoms with Gasteiger partial charge in [-0.15, -0.1) is 5.10 Å². The summed E-state index contributed by atoms with van der Waals surface area (Å²) in [6, 6.07) is 6.13. The normalized spacial score (nSPS) is 10.4. The topological polar surface area (TPSA) is 100 Å². The van der Waals surface area contributed by atoms with Crippen molar-refractivity contribution in [3.8, 4) is 0 Å². The highest BCUT2D eigenvalue weighted by molar-refractivity contribution is 5.88. The van der Waals surface area contributed by atoms with Crippen molar-refractivity contribution in [1.29, 1.82) is 0 Å². The quantitative estimate of drug-likeness (QED) is 0.472. The molecule has 1 aromatic heterocycles. The van der Waals surface area contributed by atoms with Crippen molar-refractivity contribution in [3.05, 3.63) is 51.3 Å². The summed E-state index contributed by atoms with van der Waals surface area (Å²) >= 11 is 0. The Kier molecular flexibility index (Phi) is 4.27. The van der Waals surface area contributed by atoms with Crippen LogP contribution in [0.5, 0.6) is 0 Å². The van der Waals surface area contributed by atoms with Gasteiger partial charge in [-0.05, 0) is 19.4 Å². The lowest BCUT2D eigenvalue weighted by atomic mass is 10.2. The third-order valence-electron chi connectivity index (χ3n) is 2.93. The second-order valence-electron chi connectivity index (χ2n) is 4.33.